The van der Waals surface area contributed by atoms with Crippen molar-refractivity contribution in [1.82, 2.24) is 9.66 Å². The third-order valence-corrected chi connectivity index (χ3v) is 5.27. The van der Waals surface area contributed by atoms with E-state index in [4.69, 9.17) is 0 Å². The molecule has 6 heteroatoms. The van der Waals surface area contributed by atoms with Crippen molar-refractivity contribution in [3.63, 3.8) is 0 Å². The van der Waals surface area contributed by atoms with Gasteiger partial charge in [-0.1, -0.05) is 31.2 Å². The molecule has 2 aromatic carbocycles. The second-order valence-electron chi connectivity index (χ2n) is 5.97. The van der Waals surface area contributed by atoms with Gasteiger partial charge in [0, 0.05) is 16.5 Å². The van der Waals surface area contributed by atoms with Crippen molar-refractivity contribution in [2.75, 3.05) is 0 Å². The van der Waals surface area contributed by atoms with Crippen LogP contribution in [0.3, 0.4) is 0 Å². The molecule has 0 atom stereocenters. The lowest BCUT2D eigenvalue weighted by atomic mass is 10.2. The highest BCUT2D eigenvalue weighted by Gasteiger charge is 2.11. The van der Waals surface area contributed by atoms with E-state index < -0.39 is 0 Å². The Hall–Kier alpha value is -2.99. The van der Waals surface area contributed by atoms with E-state index in [1.807, 2.05) is 49.4 Å². The van der Waals surface area contributed by atoms with Crippen molar-refractivity contribution in [2.45, 2.75) is 19.8 Å². The van der Waals surface area contributed by atoms with Crippen LogP contribution in [0.2, 0.25) is 0 Å². The predicted octanol–water partition coefficient (Wildman–Crippen LogP) is 4.15. The zero-order valence-corrected chi connectivity index (χ0v) is 15.0. The summed E-state index contributed by atoms with van der Waals surface area (Å²) >= 11 is 1.44. The fourth-order valence-electron chi connectivity index (χ4n) is 2.92. The van der Waals surface area contributed by atoms with Crippen LogP contribution in [0.5, 0.6) is 5.75 Å². The second-order valence-corrected chi connectivity index (χ2v) is 7.05. The van der Waals surface area contributed by atoms with E-state index in [0.717, 1.165) is 16.5 Å². The van der Waals surface area contributed by atoms with E-state index in [1.165, 1.54) is 22.2 Å². The fraction of sp³-hybridized carbons (Fsp3) is 0.150. The summed E-state index contributed by atoms with van der Waals surface area (Å²) in [5, 5.41) is 16.1. The Morgan fingerprint density at radius 3 is 2.65 bits per heavy atom. The van der Waals surface area contributed by atoms with E-state index in [2.05, 4.69) is 10.1 Å². The van der Waals surface area contributed by atoms with E-state index in [-0.39, 0.29) is 11.3 Å². The molecule has 0 bridgehead atoms. The molecule has 0 saturated carbocycles. The van der Waals surface area contributed by atoms with Gasteiger partial charge in [-0.3, -0.25) is 4.79 Å². The van der Waals surface area contributed by atoms with Crippen molar-refractivity contribution >= 4 is 38.5 Å². The molecular weight excluding hydrogens is 346 g/mol. The summed E-state index contributed by atoms with van der Waals surface area (Å²) in [5.74, 6) is 0.807. The van der Waals surface area contributed by atoms with Gasteiger partial charge in [0.15, 0.2) is 0 Å². The first kappa shape index (κ1) is 16.5. The van der Waals surface area contributed by atoms with Crippen LogP contribution in [0, 0.1) is 0 Å². The second kappa shape index (κ2) is 6.72. The molecule has 4 rings (SSSR count). The van der Waals surface area contributed by atoms with Crippen molar-refractivity contribution in [1.29, 1.82) is 0 Å². The summed E-state index contributed by atoms with van der Waals surface area (Å²) < 4.78 is 2.32. The van der Waals surface area contributed by atoms with Gasteiger partial charge >= 0.3 is 0 Å². The van der Waals surface area contributed by atoms with Gasteiger partial charge in [0.1, 0.15) is 11.6 Å². The largest absolute Gasteiger partial charge is 0.506 e. The Labute approximate surface area is 153 Å². The zero-order chi connectivity index (χ0) is 18.1. The number of para-hydroxylation sites is 1. The monoisotopic (exact) mass is 363 g/mol. The normalized spacial score (nSPS) is 11.7. The summed E-state index contributed by atoms with van der Waals surface area (Å²) in [5.41, 5.74) is 0.480. The Balaban J connectivity index is 1.86. The lowest BCUT2D eigenvalue weighted by molar-refractivity contribution is 0.483. The van der Waals surface area contributed by atoms with Crippen LogP contribution >= 0.6 is 11.3 Å². The van der Waals surface area contributed by atoms with Gasteiger partial charge in [0.2, 0.25) is 0 Å². The maximum Gasteiger partial charge on any atom is 0.282 e. The number of hydrogen-bond donors (Lipinski definition) is 1. The van der Waals surface area contributed by atoms with Crippen molar-refractivity contribution in [3.8, 4) is 5.75 Å². The summed E-state index contributed by atoms with van der Waals surface area (Å²) in [7, 11) is 0. The van der Waals surface area contributed by atoms with Gasteiger partial charge < -0.3 is 5.11 Å². The molecule has 0 saturated heterocycles. The molecule has 2 heterocycles. The molecule has 5 nitrogen and oxygen atoms in total. The highest BCUT2D eigenvalue weighted by atomic mass is 32.1. The SMILES string of the molecule is CCCc1nc2ccccc2c(=O)n1/N=C/c1sc2ccccc2c1O. The van der Waals surface area contributed by atoms with Crippen molar-refractivity contribution in [3.05, 3.63) is 69.6 Å². The molecular formula is C20H17N3O2S. The minimum atomic E-state index is -0.198. The standard InChI is InChI=1S/C20H17N3O2S/c1-2-7-18-22-15-10-5-3-8-13(15)20(25)23(18)21-12-17-19(24)14-9-4-6-11-16(14)26-17/h3-6,8-12,24H,2,7H2,1H3/b21-12+. The predicted molar refractivity (Wildman–Crippen MR) is 106 cm³/mol. The van der Waals surface area contributed by atoms with Crippen LogP contribution in [0.25, 0.3) is 21.0 Å². The highest BCUT2D eigenvalue weighted by Crippen LogP contribution is 2.35. The van der Waals surface area contributed by atoms with Crippen molar-refractivity contribution < 1.29 is 5.11 Å². The maximum atomic E-state index is 12.9. The van der Waals surface area contributed by atoms with Crippen LogP contribution in [0.4, 0.5) is 0 Å². The summed E-state index contributed by atoms with van der Waals surface area (Å²) in [4.78, 5) is 18.1. The van der Waals surface area contributed by atoms with Gasteiger partial charge in [-0.25, -0.2) is 4.98 Å². The first-order valence-electron chi connectivity index (χ1n) is 8.44. The number of fused-ring (bicyclic) bond motifs is 2. The summed E-state index contributed by atoms with van der Waals surface area (Å²) in [6.07, 6.45) is 3.04. The molecule has 2 aromatic heterocycles. The number of aryl methyl sites for hydroxylation is 1. The van der Waals surface area contributed by atoms with Gasteiger partial charge in [-0.2, -0.15) is 9.78 Å². The number of rotatable bonds is 4. The molecule has 130 valence electrons. The molecule has 0 aliphatic heterocycles. The van der Waals surface area contributed by atoms with Gasteiger partial charge in [-0.15, -0.1) is 11.3 Å². The average Bonchev–Trinajstić information content (AvgIpc) is 2.98. The topological polar surface area (TPSA) is 67.5 Å². The van der Waals surface area contributed by atoms with Crippen molar-refractivity contribution in [2.24, 2.45) is 5.10 Å². The van der Waals surface area contributed by atoms with E-state index in [9.17, 15) is 9.90 Å². The van der Waals surface area contributed by atoms with E-state index in [1.54, 1.807) is 6.07 Å². The highest BCUT2D eigenvalue weighted by molar-refractivity contribution is 7.21. The van der Waals surface area contributed by atoms with Gasteiger partial charge in [-0.05, 0) is 30.7 Å². The number of aromatic hydroxyl groups is 1. The minimum absolute atomic E-state index is 0.188. The summed E-state index contributed by atoms with van der Waals surface area (Å²) in [6, 6.07) is 14.9. The van der Waals surface area contributed by atoms with E-state index in [0.29, 0.717) is 28.0 Å². The molecule has 0 spiro atoms. The quantitative estimate of drug-likeness (QED) is 0.554. The smallest absolute Gasteiger partial charge is 0.282 e. The average molecular weight is 363 g/mol. The first-order valence-corrected chi connectivity index (χ1v) is 9.26. The summed E-state index contributed by atoms with van der Waals surface area (Å²) in [6.45, 7) is 2.03. The Morgan fingerprint density at radius 1 is 1.15 bits per heavy atom. The number of nitrogens with zero attached hydrogens (tertiary/aromatic N) is 3. The van der Waals surface area contributed by atoms with Crippen LogP contribution in [-0.2, 0) is 6.42 Å². The molecule has 0 aliphatic rings. The Bertz CT molecular complexity index is 1190. The third kappa shape index (κ3) is 2.78. The molecule has 0 amide bonds. The molecule has 1 N–H and O–H groups in total. The van der Waals surface area contributed by atoms with Gasteiger partial charge in [0.25, 0.3) is 5.56 Å². The Morgan fingerprint density at radius 2 is 1.88 bits per heavy atom. The van der Waals surface area contributed by atoms with Gasteiger partial charge in [0.05, 0.1) is 22.0 Å². The fourth-order valence-corrected chi connectivity index (χ4v) is 3.89. The molecule has 0 aliphatic carbocycles. The van der Waals surface area contributed by atoms with Crippen LogP contribution in [-0.4, -0.2) is 21.0 Å². The first-order chi connectivity index (χ1) is 12.7. The maximum absolute atomic E-state index is 12.9. The molecule has 0 fully saturated rings. The van der Waals surface area contributed by atoms with E-state index >= 15 is 0 Å². The van der Waals surface area contributed by atoms with Crippen LogP contribution in [0.1, 0.15) is 24.0 Å². The van der Waals surface area contributed by atoms with Crippen LogP contribution < -0.4 is 5.56 Å². The molecule has 0 radical (unpaired) electrons. The lowest BCUT2D eigenvalue weighted by Crippen LogP contribution is -2.22. The zero-order valence-electron chi connectivity index (χ0n) is 14.2. The number of thiophene rings is 1. The lowest BCUT2D eigenvalue weighted by Gasteiger charge is -2.08. The number of hydrogen-bond acceptors (Lipinski definition) is 5. The molecule has 0 unspecified atom stereocenters. The molecule has 26 heavy (non-hydrogen) atoms. The number of benzene rings is 2. The number of aromatic nitrogens is 2. The Kier molecular flexibility index (Phi) is 4.26. The molecule has 4 aromatic rings. The minimum Gasteiger partial charge on any atom is -0.506 e. The van der Waals surface area contributed by atoms with Crippen LogP contribution in [0.15, 0.2) is 58.4 Å². The third-order valence-electron chi connectivity index (χ3n) is 4.18.